The smallest absolute Gasteiger partial charge is 0.193 e. The van der Waals surface area contributed by atoms with Crippen molar-refractivity contribution in [3.63, 3.8) is 0 Å². The molecule has 2 heterocycles. The second-order valence-electron chi connectivity index (χ2n) is 8.04. The first-order chi connectivity index (χ1) is 10.7. The summed E-state index contributed by atoms with van der Waals surface area (Å²) in [6, 6.07) is 0.930. The Hall–Kier alpha value is -0.770. The molecule has 0 amide bonds. The molecule has 3 rings (SSSR count). The minimum Gasteiger partial charge on any atom is -0.356 e. The van der Waals surface area contributed by atoms with Gasteiger partial charge in [0, 0.05) is 39.3 Å². The Kier molecular flexibility index (Phi) is 5.27. The normalized spacial score (nSPS) is 30.5. The second kappa shape index (κ2) is 7.20. The number of nitrogens with one attached hydrogen (secondary N) is 1. The molecule has 4 nitrogen and oxygen atoms in total. The minimum atomic E-state index is 0.811. The molecule has 1 N–H and O–H groups in total. The highest BCUT2D eigenvalue weighted by Crippen LogP contribution is 2.31. The summed E-state index contributed by atoms with van der Waals surface area (Å²) in [5.41, 5.74) is 0. The van der Waals surface area contributed by atoms with Crippen LogP contribution >= 0.6 is 0 Å². The van der Waals surface area contributed by atoms with Crippen LogP contribution in [0.2, 0.25) is 0 Å². The van der Waals surface area contributed by atoms with Gasteiger partial charge in [0.2, 0.25) is 0 Å². The van der Waals surface area contributed by atoms with Crippen molar-refractivity contribution >= 4 is 5.96 Å². The van der Waals surface area contributed by atoms with Gasteiger partial charge in [-0.05, 0) is 56.4 Å². The van der Waals surface area contributed by atoms with Gasteiger partial charge in [-0.2, -0.15) is 0 Å². The van der Waals surface area contributed by atoms with E-state index in [4.69, 9.17) is 0 Å². The van der Waals surface area contributed by atoms with Crippen molar-refractivity contribution in [2.24, 2.45) is 22.7 Å². The quantitative estimate of drug-likeness (QED) is 0.625. The molecule has 2 saturated heterocycles. The number of guanidine groups is 1. The van der Waals surface area contributed by atoms with E-state index in [2.05, 4.69) is 34.0 Å². The summed E-state index contributed by atoms with van der Waals surface area (Å²) in [5.74, 6) is 3.62. The van der Waals surface area contributed by atoms with Crippen LogP contribution in [0.5, 0.6) is 0 Å². The summed E-state index contributed by atoms with van der Waals surface area (Å²) in [4.78, 5) is 9.70. The molecule has 4 heteroatoms. The molecule has 22 heavy (non-hydrogen) atoms. The van der Waals surface area contributed by atoms with Crippen LogP contribution < -0.4 is 5.32 Å². The number of rotatable bonds is 5. The van der Waals surface area contributed by atoms with Crippen molar-refractivity contribution in [1.29, 1.82) is 0 Å². The maximum atomic E-state index is 4.53. The summed E-state index contributed by atoms with van der Waals surface area (Å²) in [6.45, 7) is 10.7. The van der Waals surface area contributed by atoms with E-state index in [1.807, 2.05) is 7.05 Å². The Bertz CT molecular complexity index is 389. The number of aliphatic imine (C=N–C) groups is 1. The summed E-state index contributed by atoms with van der Waals surface area (Å²) in [6.07, 6.45) is 6.92. The standard InChI is InChI=1S/C18H34N4/c1-14(2)10-15-6-9-22(12-15)18(19-3)20-11-16-7-8-21(13-16)17-4-5-17/h14-17H,4-13H2,1-3H3,(H,19,20). The largest absolute Gasteiger partial charge is 0.356 e. The lowest BCUT2D eigenvalue weighted by atomic mass is 9.97. The fourth-order valence-electron chi connectivity index (χ4n) is 4.25. The number of hydrogen-bond acceptors (Lipinski definition) is 2. The molecular formula is C18H34N4. The average Bonchev–Trinajstić information content (AvgIpc) is 3.06. The predicted octanol–water partition coefficient (Wildman–Crippen LogP) is 2.41. The van der Waals surface area contributed by atoms with Gasteiger partial charge in [-0.25, -0.2) is 0 Å². The molecule has 2 unspecified atom stereocenters. The number of nitrogens with zero attached hydrogens (tertiary/aromatic N) is 3. The van der Waals surface area contributed by atoms with Gasteiger partial charge in [0.15, 0.2) is 5.96 Å². The molecule has 0 aromatic heterocycles. The first-order valence-electron chi connectivity index (χ1n) is 9.35. The molecule has 2 atom stereocenters. The topological polar surface area (TPSA) is 30.9 Å². The van der Waals surface area contributed by atoms with Crippen LogP contribution in [0, 0.1) is 17.8 Å². The Balaban J connectivity index is 1.41. The van der Waals surface area contributed by atoms with Crippen molar-refractivity contribution in [3.05, 3.63) is 0 Å². The predicted molar refractivity (Wildman–Crippen MR) is 93.2 cm³/mol. The molecule has 126 valence electrons. The van der Waals surface area contributed by atoms with Crippen molar-refractivity contribution < 1.29 is 0 Å². The molecule has 3 aliphatic rings. The highest BCUT2D eigenvalue weighted by Gasteiger charge is 2.34. The third-order valence-electron chi connectivity index (χ3n) is 5.53. The zero-order chi connectivity index (χ0) is 15.5. The summed E-state index contributed by atoms with van der Waals surface area (Å²) in [5, 5.41) is 3.66. The fourth-order valence-corrected chi connectivity index (χ4v) is 4.25. The third-order valence-corrected chi connectivity index (χ3v) is 5.53. The first-order valence-corrected chi connectivity index (χ1v) is 9.35. The molecule has 0 spiro atoms. The van der Waals surface area contributed by atoms with E-state index in [1.54, 1.807) is 0 Å². The van der Waals surface area contributed by atoms with Crippen molar-refractivity contribution in [3.8, 4) is 0 Å². The van der Waals surface area contributed by atoms with Crippen LogP contribution in [0.15, 0.2) is 4.99 Å². The molecule has 0 bridgehead atoms. The van der Waals surface area contributed by atoms with Gasteiger partial charge in [0.25, 0.3) is 0 Å². The Labute approximate surface area is 136 Å². The lowest BCUT2D eigenvalue weighted by Crippen LogP contribution is -2.42. The van der Waals surface area contributed by atoms with Crippen LogP contribution in [0.1, 0.15) is 46.0 Å². The molecule has 0 radical (unpaired) electrons. The van der Waals surface area contributed by atoms with Crippen LogP contribution in [-0.2, 0) is 0 Å². The third kappa shape index (κ3) is 4.15. The first kappa shape index (κ1) is 16.1. The van der Waals surface area contributed by atoms with Crippen molar-refractivity contribution in [1.82, 2.24) is 15.1 Å². The van der Waals surface area contributed by atoms with Crippen LogP contribution in [-0.4, -0.2) is 61.6 Å². The van der Waals surface area contributed by atoms with Crippen LogP contribution in [0.4, 0.5) is 0 Å². The molecule has 0 aromatic carbocycles. The van der Waals surface area contributed by atoms with E-state index >= 15 is 0 Å². The van der Waals surface area contributed by atoms with Crippen molar-refractivity contribution in [2.45, 2.75) is 52.0 Å². The van der Waals surface area contributed by atoms with E-state index in [0.717, 1.165) is 36.3 Å². The van der Waals surface area contributed by atoms with Crippen molar-refractivity contribution in [2.75, 3.05) is 39.8 Å². The van der Waals surface area contributed by atoms with E-state index in [1.165, 1.54) is 58.3 Å². The van der Waals surface area contributed by atoms with Crippen LogP contribution in [0.25, 0.3) is 0 Å². The maximum Gasteiger partial charge on any atom is 0.193 e. The zero-order valence-corrected chi connectivity index (χ0v) is 14.7. The Morgan fingerprint density at radius 1 is 1.09 bits per heavy atom. The molecule has 0 aromatic rings. The van der Waals surface area contributed by atoms with Gasteiger partial charge >= 0.3 is 0 Å². The summed E-state index contributed by atoms with van der Waals surface area (Å²) in [7, 11) is 1.93. The lowest BCUT2D eigenvalue weighted by molar-refractivity contribution is 0.313. The average molecular weight is 306 g/mol. The number of likely N-dealkylation sites (tertiary alicyclic amines) is 2. The molecule has 1 aliphatic carbocycles. The van der Waals surface area contributed by atoms with E-state index in [0.29, 0.717) is 0 Å². The van der Waals surface area contributed by atoms with Gasteiger partial charge in [-0.3, -0.25) is 4.99 Å². The van der Waals surface area contributed by atoms with Crippen LogP contribution in [0.3, 0.4) is 0 Å². The van der Waals surface area contributed by atoms with E-state index < -0.39 is 0 Å². The molecular weight excluding hydrogens is 272 g/mol. The lowest BCUT2D eigenvalue weighted by Gasteiger charge is -2.23. The highest BCUT2D eigenvalue weighted by molar-refractivity contribution is 5.80. The summed E-state index contributed by atoms with van der Waals surface area (Å²) < 4.78 is 0. The van der Waals surface area contributed by atoms with Gasteiger partial charge < -0.3 is 15.1 Å². The maximum absolute atomic E-state index is 4.53. The van der Waals surface area contributed by atoms with Gasteiger partial charge in [-0.1, -0.05) is 13.8 Å². The monoisotopic (exact) mass is 306 g/mol. The van der Waals surface area contributed by atoms with E-state index in [9.17, 15) is 0 Å². The fraction of sp³-hybridized carbons (Fsp3) is 0.944. The van der Waals surface area contributed by atoms with Gasteiger partial charge in [0.05, 0.1) is 0 Å². The van der Waals surface area contributed by atoms with Gasteiger partial charge in [-0.15, -0.1) is 0 Å². The highest BCUT2D eigenvalue weighted by atomic mass is 15.3. The minimum absolute atomic E-state index is 0.811. The molecule has 2 aliphatic heterocycles. The van der Waals surface area contributed by atoms with Gasteiger partial charge in [0.1, 0.15) is 0 Å². The number of hydrogen-bond donors (Lipinski definition) is 1. The zero-order valence-electron chi connectivity index (χ0n) is 14.7. The Morgan fingerprint density at radius 3 is 2.55 bits per heavy atom. The second-order valence-corrected chi connectivity index (χ2v) is 8.04. The summed E-state index contributed by atoms with van der Waals surface area (Å²) >= 11 is 0. The van der Waals surface area contributed by atoms with E-state index in [-0.39, 0.29) is 0 Å². The Morgan fingerprint density at radius 2 is 1.86 bits per heavy atom. The molecule has 3 fully saturated rings. The molecule has 1 saturated carbocycles. The SMILES string of the molecule is CN=C(NCC1CCN(C2CC2)C1)N1CCC(CC(C)C)C1.